The fraction of sp³-hybridized carbons (Fsp3) is 0.457. The quantitative estimate of drug-likeness (QED) is 0.220. The molecular formula is C35H44N6O4. The maximum absolute atomic E-state index is 13.4. The molecule has 2 amide bonds. The van der Waals surface area contributed by atoms with Gasteiger partial charge in [-0.2, -0.15) is 0 Å². The number of carbonyl (C=O) groups excluding carboxylic acids is 1. The van der Waals surface area contributed by atoms with E-state index < -0.39 is 0 Å². The van der Waals surface area contributed by atoms with Gasteiger partial charge in [0.1, 0.15) is 17.6 Å². The molecule has 0 radical (unpaired) electrons. The number of anilines is 1. The Kier molecular flexibility index (Phi) is 8.70. The zero-order valence-electron chi connectivity index (χ0n) is 26.8. The largest absolute Gasteiger partial charge is 0.494 e. The topological polar surface area (TPSA) is 113 Å². The van der Waals surface area contributed by atoms with Crippen LogP contribution in [0.2, 0.25) is 0 Å². The summed E-state index contributed by atoms with van der Waals surface area (Å²) in [6.07, 6.45) is 6.76. The van der Waals surface area contributed by atoms with Crippen LogP contribution in [0.4, 0.5) is 10.5 Å². The summed E-state index contributed by atoms with van der Waals surface area (Å²) in [6.45, 7) is 7.15. The maximum atomic E-state index is 13.4. The summed E-state index contributed by atoms with van der Waals surface area (Å²) in [5, 5.41) is 25.1. The number of hydrogen-bond acceptors (Lipinski definition) is 7. The number of aliphatic hydroxyl groups is 1. The number of piperidine rings is 1. The number of pyridine rings is 1. The van der Waals surface area contributed by atoms with Gasteiger partial charge in [-0.05, 0) is 85.6 Å². The molecule has 0 unspecified atom stereocenters. The fourth-order valence-electron chi connectivity index (χ4n) is 6.66. The van der Waals surface area contributed by atoms with E-state index in [9.17, 15) is 9.90 Å². The van der Waals surface area contributed by atoms with E-state index in [0.717, 1.165) is 53.3 Å². The van der Waals surface area contributed by atoms with Crippen LogP contribution in [-0.4, -0.2) is 51.3 Å². The van der Waals surface area contributed by atoms with Crippen molar-refractivity contribution in [2.75, 3.05) is 26.0 Å². The van der Waals surface area contributed by atoms with E-state index in [0.29, 0.717) is 23.4 Å². The summed E-state index contributed by atoms with van der Waals surface area (Å²) in [5.41, 5.74) is 4.88. The van der Waals surface area contributed by atoms with Crippen LogP contribution < -0.4 is 20.1 Å². The van der Waals surface area contributed by atoms with E-state index in [1.54, 1.807) is 7.11 Å². The molecule has 45 heavy (non-hydrogen) atoms. The highest BCUT2D eigenvalue weighted by Crippen LogP contribution is 2.40. The van der Waals surface area contributed by atoms with Crippen molar-refractivity contribution in [3.8, 4) is 11.5 Å². The Morgan fingerprint density at radius 1 is 1.04 bits per heavy atom. The number of aliphatic hydroxyl groups excluding tert-OH is 1. The van der Waals surface area contributed by atoms with Crippen LogP contribution in [0, 0.1) is 0 Å². The minimum absolute atomic E-state index is 0.160. The SMILES string of the molecule is COc1c(CO)cc(C(C)(C)C)cc1NC(=O)N[C@H]1CC[C@@H](Oc2ccc3nnc([C@@H]4CCCCN4C)n3c2)c2ccccc21. The van der Waals surface area contributed by atoms with E-state index in [-0.39, 0.29) is 36.2 Å². The van der Waals surface area contributed by atoms with Crippen LogP contribution in [0.15, 0.2) is 54.7 Å². The number of nitrogens with one attached hydrogen (secondary N) is 2. The molecule has 1 saturated heterocycles. The van der Waals surface area contributed by atoms with Gasteiger partial charge in [-0.1, -0.05) is 51.5 Å². The van der Waals surface area contributed by atoms with Gasteiger partial charge in [0.05, 0.1) is 37.7 Å². The number of likely N-dealkylation sites (tertiary alicyclic amines) is 1. The Morgan fingerprint density at radius 2 is 1.84 bits per heavy atom. The molecule has 2 aromatic heterocycles. The Morgan fingerprint density at radius 3 is 2.58 bits per heavy atom. The second-order valence-electron chi connectivity index (χ2n) is 13.2. The van der Waals surface area contributed by atoms with Crippen molar-refractivity contribution in [2.24, 2.45) is 0 Å². The molecule has 0 saturated carbocycles. The smallest absolute Gasteiger partial charge is 0.319 e. The molecule has 238 valence electrons. The van der Waals surface area contributed by atoms with Gasteiger partial charge < -0.3 is 25.2 Å². The molecule has 6 rings (SSSR count). The van der Waals surface area contributed by atoms with Gasteiger partial charge in [0.15, 0.2) is 11.5 Å². The zero-order valence-corrected chi connectivity index (χ0v) is 26.8. The van der Waals surface area contributed by atoms with Crippen molar-refractivity contribution < 1.29 is 19.4 Å². The highest BCUT2D eigenvalue weighted by atomic mass is 16.5. The second kappa shape index (κ2) is 12.7. The third kappa shape index (κ3) is 6.35. The maximum Gasteiger partial charge on any atom is 0.319 e. The average Bonchev–Trinajstić information content (AvgIpc) is 3.44. The lowest BCUT2D eigenvalue weighted by Gasteiger charge is -2.32. The van der Waals surface area contributed by atoms with Crippen LogP contribution in [0.5, 0.6) is 11.5 Å². The Hall–Kier alpha value is -4.15. The fourth-order valence-corrected chi connectivity index (χ4v) is 6.66. The minimum Gasteiger partial charge on any atom is -0.494 e. The first-order valence-corrected chi connectivity index (χ1v) is 15.9. The third-order valence-corrected chi connectivity index (χ3v) is 9.14. The summed E-state index contributed by atoms with van der Waals surface area (Å²) in [7, 11) is 3.70. The van der Waals surface area contributed by atoms with Crippen molar-refractivity contribution in [3.05, 3.63) is 82.8 Å². The molecular weight excluding hydrogens is 568 g/mol. The van der Waals surface area contributed by atoms with Crippen LogP contribution in [-0.2, 0) is 12.0 Å². The van der Waals surface area contributed by atoms with Crippen molar-refractivity contribution in [1.29, 1.82) is 0 Å². The monoisotopic (exact) mass is 612 g/mol. The molecule has 0 bridgehead atoms. The number of carbonyl (C=O) groups is 1. The number of aromatic nitrogens is 3. The number of fused-ring (bicyclic) bond motifs is 2. The first kappa shape index (κ1) is 30.9. The second-order valence-corrected chi connectivity index (χ2v) is 13.2. The summed E-state index contributed by atoms with van der Waals surface area (Å²) in [4.78, 5) is 15.7. The molecule has 10 heteroatoms. The predicted octanol–water partition coefficient (Wildman–Crippen LogP) is 6.46. The molecule has 1 aliphatic heterocycles. The minimum atomic E-state index is -0.333. The lowest BCUT2D eigenvalue weighted by atomic mass is 9.85. The van der Waals surface area contributed by atoms with E-state index in [2.05, 4.69) is 70.1 Å². The highest BCUT2D eigenvalue weighted by molar-refractivity contribution is 5.92. The highest BCUT2D eigenvalue weighted by Gasteiger charge is 2.31. The summed E-state index contributed by atoms with van der Waals surface area (Å²) >= 11 is 0. The number of amides is 2. The van der Waals surface area contributed by atoms with Gasteiger partial charge in [-0.25, -0.2) is 4.79 Å². The zero-order chi connectivity index (χ0) is 31.7. The van der Waals surface area contributed by atoms with Crippen molar-refractivity contribution in [3.63, 3.8) is 0 Å². The lowest BCUT2D eigenvalue weighted by molar-refractivity contribution is 0.170. The van der Waals surface area contributed by atoms with E-state index >= 15 is 0 Å². The van der Waals surface area contributed by atoms with Gasteiger partial charge in [-0.15, -0.1) is 10.2 Å². The molecule has 3 heterocycles. The van der Waals surface area contributed by atoms with Crippen LogP contribution in [0.1, 0.15) is 99.1 Å². The summed E-state index contributed by atoms with van der Waals surface area (Å²) < 4.78 is 14.3. The first-order chi connectivity index (χ1) is 21.7. The normalized spacial score (nSPS) is 20.4. The lowest BCUT2D eigenvalue weighted by Crippen LogP contribution is -2.35. The van der Waals surface area contributed by atoms with Gasteiger partial charge in [0.25, 0.3) is 0 Å². The number of rotatable bonds is 7. The van der Waals surface area contributed by atoms with E-state index in [1.165, 1.54) is 12.8 Å². The molecule has 3 atom stereocenters. The Bertz CT molecular complexity index is 1680. The molecule has 2 aliphatic rings. The van der Waals surface area contributed by atoms with Crippen molar-refractivity contribution in [1.82, 2.24) is 24.8 Å². The molecule has 3 N–H and O–H groups in total. The van der Waals surface area contributed by atoms with Crippen molar-refractivity contribution in [2.45, 2.75) is 83.1 Å². The van der Waals surface area contributed by atoms with Crippen LogP contribution in [0.3, 0.4) is 0 Å². The van der Waals surface area contributed by atoms with E-state index in [1.807, 2.05) is 42.6 Å². The Balaban J connectivity index is 1.20. The number of methoxy groups -OCH3 is 1. The van der Waals surface area contributed by atoms with Gasteiger partial charge in [0.2, 0.25) is 0 Å². The molecule has 1 fully saturated rings. The molecule has 4 aromatic rings. The third-order valence-electron chi connectivity index (χ3n) is 9.14. The van der Waals surface area contributed by atoms with Gasteiger partial charge in [-0.3, -0.25) is 9.30 Å². The molecule has 2 aromatic carbocycles. The van der Waals surface area contributed by atoms with E-state index in [4.69, 9.17) is 9.47 Å². The molecule has 0 spiro atoms. The number of ether oxygens (including phenoxy) is 2. The van der Waals surface area contributed by atoms with Crippen molar-refractivity contribution >= 4 is 17.4 Å². The first-order valence-electron chi connectivity index (χ1n) is 15.9. The molecule has 1 aliphatic carbocycles. The Labute approximate surface area is 264 Å². The van der Waals surface area contributed by atoms with Gasteiger partial charge in [0, 0.05) is 5.56 Å². The number of benzene rings is 2. The van der Waals surface area contributed by atoms with Gasteiger partial charge >= 0.3 is 6.03 Å². The predicted molar refractivity (Wildman–Crippen MR) is 174 cm³/mol. The molecule has 10 nitrogen and oxygen atoms in total. The number of nitrogens with zero attached hydrogens (tertiary/aromatic N) is 4. The summed E-state index contributed by atoms with van der Waals surface area (Å²) in [6, 6.07) is 15.6. The number of urea groups is 1. The number of hydrogen-bond donors (Lipinski definition) is 3. The average molecular weight is 613 g/mol. The van der Waals surface area contributed by atoms with Crippen LogP contribution in [0.25, 0.3) is 5.65 Å². The summed E-state index contributed by atoms with van der Waals surface area (Å²) in [5.74, 6) is 2.17. The van der Waals surface area contributed by atoms with Crippen LogP contribution >= 0.6 is 0 Å². The standard InChI is InChI=1S/C35H44N6O4/c1-35(2,3)23-18-22(21-42)32(44-5)28(19-23)37-34(43)36-27-14-15-30(26-11-7-6-10-25(26)27)45-24-13-16-31-38-39-33(41(31)20-24)29-12-8-9-17-40(29)4/h6-7,10-11,13,16,18-20,27,29-30,42H,8-9,12,14-15,17,21H2,1-5H3,(H2,36,37,43)/t27-,29-,30+/m0/s1.